The Balaban J connectivity index is 1.82. The van der Waals surface area contributed by atoms with Gasteiger partial charge in [0.1, 0.15) is 5.75 Å². The van der Waals surface area contributed by atoms with Gasteiger partial charge >= 0.3 is 0 Å². The molecule has 4 rings (SSSR count). The minimum absolute atomic E-state index is 0.0683. The Labute approximate surface area is 219 Å². The van der Waals surface area contributed by atoms with Crippen LogP contribution in [0, 0.1) is 6.92 Å². The van der Waals surface area contributed by atoms with Crippen LogP contribution in [0.3, 0.4) is 0 Å². The molecule has 1 amide bonds. The summed E-state index contributed by atoms with van der Waals surface area (Å²) in [7, 11) is -2.71. The number of anilines is 4. The molecule has 0 fully saturated rings. The van der Waals surface area contributed by atoms with E-state index in [1.54, 1.807) is 56.3 Å². The van der Waals surface area contributed by atoms with Gasteiger partial charge in [-0.3, -0.25) is 9.52 Å². The first-order valence-electron chi connectivity index (χ1n) is 11.1. The highest BCUT2D eigenvalue weighted by molar-refractivity contribution is 7.92. The minimum Gasteiger partial charge on any atom is -0.497 e. The van der Waals surface area contributed by atoms with Crippen molar-refractivity contribution in [3.05, 3.63) is 70.7 Å². The Kier molecular flexibility index (Phi) is 7.10. The number of ether oxygens (including phenoxy) is 1. The van der Waals surface area contributed by atoms with Gasteiger partial charge in [0, 0.05) is 11.8 Å². The molecule has 4 aromatic rings. The number of aromatic nitrogens is 2. The minimum atomic E-state index is -4.22. The molecule has 0 aliphatic carbocycles. The van der Waals surface area contributed by atoms with Gasteiger partial charge in [-0.2, -0.15) is 0 Å². The second-order valence-electron chi connectivity index (χ2n) is 8.34. The van der Waals surface area contributed by atoms with Gasteiger partial charge in [-0.25, -0.2) is 18.4 Å². The number of nitrogens with two attached hydrogens (primary N) is 2. The lowest BCUT2D eigenvalue weighted by atomic mass is 9.95. The largest absolute Gasteiger partial charge is 0.497 e. The zero-order chi connectivity index (χ0) is 26.9. The molecule has 1 heterocycles. The van der Waals surface area contributed by atoms with Crippen LogP contribution in [0.1, 0.15) is 24.0 Å². The van der Waals surface area contributed by atoms with E-state index in [1.165, 1.54) is 19.2 Å². The fourth-order valence-corrected chi connectivity index (χ4v) is 4.93. The molecule has 192 valence electrons. The van der Waals surface area contributed by atoms with Crippen molar-refractivity contribution < 1.29 is 17.9 Å². The first-order valence-corrected chi connectivity index (χ1v) is 13.0. The summed E-state index contributed by atoms with van der Waals surface area (Å²) < 4.78 is 34.7. The summed E-state index contributed by atoms with van der Waals surface area (Å²) in [5, 5.41) is 3.41. The van der Waals surface area contributed by atoms with Crippen molar-refractivity contribution >= 4 is 61.6 Å². The van der Waals surface area contributed by atoms with E-state index in [-0.39, 0.29) is 22.2 Å². The molecule has 1 unspecified atom stereocenters. The number of carbonyl (C=O) groups is 1. The normalized spacial score (nSPS) is 12.2. The van der Waals surface area contributed by atoms with Crippen molar-refractivity contribution in [3.63, 3.8) is 0 Å². The molecule has 0 aliphatic heterocycles. The number of benzene rings is 3. The van der Waals surface area contributed by atoms with Crippen LogP contribution in [0.15, 0.2) is 59.5 Å². The van der Waals surface area contributed by atoms with E-state index >= 15 is 0 Å². The zero-order valence-electron chi connectivity index (χ0n) is 20.2. The lowest BCUT2D eigenvalue weighted by Gasteiger charge is -2.18. The first kappa shape index (κ1) is 26.0. The predicted octanol–water partition coefficient (Wildman–Crippen LogP) is 4.32. The maximum atomic E-state index is 13.5. The number of nitrogen functional groups attached to an aromatic ring is 1. The Bertz CT molecular complexity index is 1630. The van der Waals surface area contributed by atoms with Gasteiger partial charge in [0.05, 0.1) is 39.7 Å². The molecule has 1 aromatic heterocycles. The molecular formula is C25H25ClN6O4S. The number of para-hydroxylation sites is 2. The maximum absolute atomic E-state index is 13.5. The summed E-state index contributed by atoms with van der Waals surface area (Å²) in [6, 6.07) is 14.7. The van der Waals surface area contributed by atoms with E-state index in [9.17, 15) is 13.2 Å². The van der Waals surface area contributed by atoms with Crippen molar-refractivity contribution in [3.8, 4) is 5.75 Å². The van der Waals surface area contributed by atoms with Crippen LogP contribution in [0.25, 0.3) is 11.0 Å². The molecule has 3 aromatic carbocycles. The molecular weight excluding hydrogens is 516 g/mol. The summed E-state index contributed by atoms with van der Waals surface area (Å²) in [6.07, 6.45) is 0. The molecule has 10 nitrogen and oxygen atoms in total. The number of primary amides is 1. The molecule has 0 bridgehead atoms. The van der Waals surface area contributed by atoms with Crippen LogP contribution in [0.4, 0.5) is 23.0 Å². The molecule has 37 heavy (non-hydrogen) atoms. The number of halogens is 1. The number of rotatable bonds is 8. The van der Waals surface area contributed by atoms with Crippen molar-refractivity contribution in [1.82, 2.24) is 9.97 Å². The van der Waals surface area contributed by atoms with Crippen molar-refractivity contribution in [2.45, 2.75) is 24.7 Å². The summed E-state index contributed by atoms with van der Waals surface area (Å²) in [5.41, 5.74) is 14.2. The Hall–Kier alpha value is -4.09. The van der Waals surface area contributed by atoms with Gasteiger partial charge in [0.15, 0.2) is 11.6 Å². The maximum Gasteiger partial charge on any atom is 0.263 e. The number of hydrogen-bond donors (Lipinski definition) is 4. The highest BCUT2D eigenvalue weighted by atomic mass is 35.5. The van der Waals surface area contributed by atoms with Gasteiger partial charge in [-0.05, 0) is 61.4 Å². The molecule has 0 saturated carbocycles. The van der Waals surface area contributed by atoms with Gasteiger partial charge in [0.25, 0.3) is 10.0 Å². The summed E-state index contributed by atoms with van der Waals surface area (Å²) in [6.45, 7) is 3.28. The monoisotopic (exact) mass is 540 g/mol. The number of carbonyl (C=O) groups excluding carboxylic acids is 1. The van der Waals surface area contributed by atoms with Gasteiger partial charge in [0.2, 0.25) is 5.91 Å². The van der Waals surface area contributed by atoms with Gasteiger partial charge < -0.3 is 21.5 Å². The first-order chi connectivity index (χ1) is 17.5. The third-order valence-corrected chi connectivity index (χ3v) is 7.54. The van der Waals surface area contributed by atoms with Crippen LogP contribution in [0.5, 0.6) is 5.75 Å². The molecule has 0 aliphatic rings. The van der Waals surface area contributed by atoms with E-state index < -0.39 is 21.8 Å². The number of sulfonamides is 1. The van der Waals surface area contributed by atoms with Crippen LogP contribution >= 0.6 is 11.6 Å². The summed E-state index contributed by atoms with van der Waals surface area (Å²) in [4.78, 5) is 20.7. The molecule has 0 radical (unpaired) electrons. The Morgan fingerprint density at radius 3 is 2.32 bits per heavy atom. The second kappa shape index (κ2) is 10.1. The topological polar surface area (TPSA) is 162 Å². The number of nitrogens with zero attached hydrogens (tertiary/aromatic N) is 2. The van der Waals surface area contributed by atoms with E-state index in [1.807, 2.05) is 0 Å². The molecule has 0 saturated heterocycles. The van der Waals surface area contributed by atoms with Crippen molar-refractivity contribution in [2.75, 3.05) is 22.9 Å². The van der Waals surface area contributed by atoms with Crippen LogP contribution in [0.2, 0.25) is 5.02 Å². The second-order valence-corrected chi connectivity index (χ2v) is 10.4. The fraction of sp³-hybridized carbons (Fsp3) is 0.160. The van der Waals surface area contributed by atoms with E-state index in [4.69, 9.17) is 27.8 Å². The SMILES string of the molecule is COc1ccc(Cl)c(Nc2nc3ccccc3nc2NS(=O)(=O)c2cc(N)c(C)c(C(C)C(N)=O)c2)c1. The standard InChI is InChI=1S/C25H25ClN6O4S/c1-13-17(14(2)23(28)33)11-16(12-19(13)27)37(34,35)32-25-24(29-20-6-4-5-7-21(20)30-25)31-22-10-15(36-3)8-9-18(22)26/h4-12,14H,27H2,1-3H3,(H2,28,33)(H,29,31)(H,30,32). The van der Waals surface area contributed by atoms with Crippen LogP contribution in [-0.2, 0) is 14.8 Å². The molecule has 6 N–H and O–H groups in total. The highest BCUT2D eigenvalue weighted by Crippen LogP contribution is 2.34. The Morgan fingerprint density at radius 2 is 1.70 bits per heavy atom. The number of hydrogen-bond acceptors (Lipinski definition) is 8. The van der Waals surface area contributed by atoms with E-state index in [0.29, 0.717) is 38.6 Å². The average molecular weight is 541 g/mol. The third-order valence-electron chi connectivity index (χ3n) is 5.89. The molecule has 12 heteroatoms. The lowest BCUT2D eigenvalue weighted by Crippen LogP contribution is -2.21. The van der Waals surface area contributed by atoms with E-state index in [2.05, 4.69) is 20.0 Å². The zero-order valence-corrected chi connectivity index (χ0v) is 21.8. The average Bonchev–Trinajstić information content (AvgIpc) is 2.86. The number of fused-ring (bicyclic) bond motifs is 1. The molecule has 0 spiro atoms. The highest BCUT2D eigenvalue weighted by Gasteiger charge is 2.24. The number of amides is 1. The quantitative estimate of drug-likeness (QED) is 0.240. The smallest absolute Gasteiger partial charge is 0.263 e. The third kappa shape index (κ3) is 5.37. The fourth-order valence-electron chi connectivity index (χ4n) is 3.69. The predicted molar refractivity (Wildman–Crippen MR) is 145 cm³/mol. The van der Waals surface area contributed by atoms with Crippen molar-refractivity contribution in [2.24, 2.45) is 5.73 Å². The van der Waals surface area contributed by atoms with Crippen molar-refractivity contribution in [1.29, 1.82) is 0 Å². The summed E-state index contributed by atoms with van der Waals surface area (Å²) in [5.74, 6) is -0.768. The van der Waals surface area contributed by atoms with Crippen LogP contribution in [-0.4, -0.2) is 31.4 Å². The summed E-state index contributed by atoms with van der Waals surface area (Å²) >= 11 is 6.35. The van der Waals surface area contributed by atoms with E-state index in [0.717, 1.165) is 0 Å². The van der Waals surface area contributed by atoms with Gasteiger partial charge in [-0.15, -0.1) is 0 Å². The number of nitrogens with one attached hydrogen (secondary N) is 2. The molecule has 1 atom stereocenters. The number of methoxy groups -OCH3 is 1. The Morgan fingerprint density at radius 1 is 1.05 bits per heavy atom. The van der Waals surface area contributed by atoms with Gasteiger partial charge in [-0.1, -0.05) is 23.7 Å². The lowest BCUT2D eigenvalue weighted by molar-refractivity contribution is -0.119. The van der Waals surface area contributed by atoms with Crippen LogP contribution < -0.4 is 26.2 Å².